The van der Waals surface area contributed by atoms with Crippen LogP contribution in [0, 0.1) is 12.8 Å². The number of carboxylic acid groups (broad SMARTS) is 1. The van der Waals surface area contributed by atoms with Crippen LogP contribution in [0.1, 0.15) is 75.8 Å². The number of hydrogen-bond donors (Lipinski definition) is 2. The molecule has 8 heteroatoms. The number of rotatable bonds is 11. The van der Waals surface area contributed by atoms with E-state index < -0.39 is 29.5 Å². The van der Waals surface area contributed by atoms with Gasteiger partial charge in [0.1, 0.15) is 11.6 Å². The van der Waals surface area contributed by atoms with Gasteiger partial charge in [0.15, 0.2) is 0 Å². The number of esters is 1. The van der Waals surface area contributed by atoms with Crippen molar-refractivity contribution in [3.8, 4) is 0 Å². The van der Waals surface area contributed by atoms with Gasteiger partial charge in [-0.3, -0.25) is 9.59 Å². The van der Waals surface area contributed by atoms with E-state index in [9.17, 15) is 19.5 Å². The van der Waals surface area contributed by atoms with Crippen LogP contribution in [0.4, 0.5) is 0 Å². The number of carbonyl (C=O) groups excluding carboxylic acids is 2. The molecule has 1 unspecified atom stereocenters. The number of carboxylic acids is 1. The molecule has 1 saturated carbocycles. The monoisotopic (exact) mass is 494 g/mol. The predicted molar refractivity (Wildman–Crippen MR) is 138 cm³/mol. The number of likely N-dealkylation sites (N-methyl/N-ethyl adjacent to an activating group) is 1. The number of carbonyl (C=O) groups is 3. The lowest BCUT2D eigenvalue weighted by Gasteiger charge is -2.44. The van der Waals surface area contributed by atoms with Crippen LogP contribution in [0.15, 0.2) is 24.3 Å². The number of amides is 1. The predicted octanol–water partition coefficient (Wildman–Crippen LogP) is 4.00. The van der Waals surface area contributed by atoms with Crippen LogP contribution in [-0.2, 0) is 19.1 Å². The summed E-state index contributed by atoms with van der Waals surface area (Å²) in [4.78, 5) is 38.7. The molecule has 2 atom stereocenters. The van der Waals surface area contributed by atoms with E-state index in [1.165, 1.54) is 5.56 Å². The van der Waals surface area contributed by atoms with Crippen molar-refractivity contribution in [2.45, 2.75) is 83.3 Å². The molecule has 1 fully saturated rings. The van der Waals surface area contributed by atoms with Crippen molar-refractivity contribution in [2.75, 3.05) is 20.6 Å². The third-order valence-corrected chi connectivity index (χ3v) is 6.48. The molecule has 0 heterocycles. The molecule has 1 aromatic rings. The maximum Gasteiger partial charge on any atom is 0.326 e. The van der Waals surface area contributed by atoms with Gasteiger partial charge in [0.05, 0.1) is 6.42 Å². The number of benzene rings is 1. The fraction of sp³-hybridized carbons (Fsp3) is 0.654. The molecule has 1 aliphatic carbocycles. The van der Waals surface area contributed by atoms with Crippen molar-refractivity contribution >= 4 is 31.3 Å². The van der Waals surface area contributed by atoms with Crippen molar-refractivity contribution < 1.29 is 24.2 Å². The molecule has 7 nitrogen and oxygen atoms in total. The molecule has 1 aromatic carbocycles. The summed E-state index contributed by atoms with van der Waals surface area (Å²) < 4.78 is 6.22. The topological polar surface area (TPSA) is 95.9 Å². The Morgan fingerprint density at radius 2 is 1.65 bits per heavy atom. The minimum atomic E-state index is -1.08. The Morgan fingerprint density at radius 1 is 1.06 bits per heavy atom. The van der Waals surface area contributed by atoms with E-state index in [1.807, 2.05) is 14.1 Å². The smallest absolute Gasteiger partial charge is 0.326 e. The number of aliphatic carboxylic acids is 1. The van der Waals surface area contributed by atoms with E-state index in [0.29, 0.717) is 0 Å². The molecule has 1 amide bonds. The van der Waals surface area contributed by atoms with Crippen LogP contribution in [0.5, 0.6) is 0 Å². The van der Waals surface area contributed by atoms with Crippen LogP contribution in [0.25, 0.3) is 0 Å². The molecule has 0 saturated heterocycles. The maximum atomic E-state index is 12.9. The van der Waals surface area contributed by atoms with Gasteiger partial charge in [-0.2, -0.15) is 13.5 Å². The van der Waals surface area contributed by atoms with Gasteiger partial charge in [0, 0.05) is 18.9 Å². The second-order valence-corrected chi connectivity index (χ2v) is 9.95. The minimum Gasteiger partial charge on any atom is -0.480 e. The van der Waals surface area contributed by atoms with Crippen LogP contribution in [-0.4, -0.2) is 60.1 Å². The first kappa shape index (κ1) is 30.0. The van der Waals surface area contributed by atoms with Gasteiger partial charge in [-0.05, 0) is 58.2 Å². The molecular formula is C26H42N2O5S. The molecular weight excluding hydrogens is 452 g/mol. The second-order valence-electron chi connectivity index (χ2n) is 9.95. The van der Waals surface area contributed by atoms with E-state index >= 15 is 0 Å². The van der Waals surface area contributed by atoms with Crippen LogP contribution in [0.2, 0.25) is 0 Å². The Hall–Kier alpha value is -2.06. The highest BCUT2D eigenvalue weighted by molar-refractivity contribution is 7.59. The molecule has 1 aliphatic rings. The average molecular weight is 495 g/mol. The lowest BCUT2D eigenvalue weighted by Crippen LogP contribution is -2.47. The van der Waals surface area contributed by atoms with E-state index in [1.54, 1.807) is 13.8 Å². The SMILES string of the molecule is Cc1ccc(C(CN(C)C)C2(OC(=O)CCC(=O)N[C@H](C(=O)O)C(C)C)CCCCC2)cc1.S. The third kappa shape index (κ3) is 8.62. The summed E-state index contributed by atoms with van der Waals surface area (Å²) in [6.45, 7) is 6.28. The first-order valence-corrected chi connectivity index (χ1v) is 12.0. The van der Waals surface area contributed by atoms with Crippen molar-refractivity contribution in [3.05, 3.63) is 35.4 Å². The zero-order valence-corrected chi connectivity index (χ0v) is 22.2. The van der Waals surface area contributed by atoms with Crippen molar-refractivity contribution in [1.82, 2.24) is 10.2 Å². The fourth-order valence-corrected chi connectivity index (χ4v) is 4.66. The summed E-state index contributed by atoms with van der Waals surface area (Å²) in [5.41, 5.74) is 1.74. The lowest BCUT2D eigenvalue weighted by atomic mass is 9.72. The fourth-order valence-electron chi connectivity index (χ4n) is 4.66. The molecule has 0 bridgehead atoms. The standard InChI is InChI=1S/C26H40N2O5.H2S/c1-18(2)24(25(31)32)27-22(29)13-14-23(30)33-26(15-7-6-8-16-26)21(17-28(4)5)20-11-9-19(3)10-12-20;/h9-12,18,21,24H,6-8,13-17H2,1-5H3,(H,27,29)(H,31,32);1H2/t21?,24-;/m0./s1. The van der Waals surface area contributed by atoms with Crippen molar-refractivity contribution in [1.29, 1.82) is 0 Å². The molecule has 2 N–H and O–H groups in total. The zero-order valence-electron chi connectivity index (χ0n) is 21.2. The Kier molecular flexibility index (Phi) is 12.1. The number of aryl methyl sites for hydroxylation is 1. The second kappa shape index (κ2) is 13.7. The van der Waals surface area contributed by atoms with E-state index in [4.69, 9.17) is 4.74 Å². The maximum absolute atomic E-state index is 12.9. The minimum absolute atomic E-state index is 0. The Morgan fingerprint density at radius 3 is 2.15 bits per heavy atom. The van der Waals surface area contributed by atoms with Crippen molar-refractivity contribution in [3.63, 3.8) is 0 Å². The van der Waals surface area contributed by atoms with Gasteiger partial charge < -0.3 is 20.1 Å². The number of nitrogens with one attached hydrogen (secondary N) is 1. The first-order chi connectivity index (χ1) is 15.5. The van der Waals surface area contributed by atoms with Gasteiger partial charge in [-0.1, -0.05) is 50.1 Å². The highest BCUT2D eigenvalue weighted by Crippen LogP contribution is 2.43. The quantitative estimate of drug-likeness (QED) is 0.452. The molecule has 0 aromatic heterocycles. The highest BCUT2D eigenvalue weighted by atomic mass is 32.1. The summed E-state index contributed by atoms with van der Waals surface area (Å²) in [6.07, 6.45) is 4.55. The highest BCUT2D eigenvalue weighted by Gasteiger charge is 2.44. The van der Waals surface area contributed by atoms with Crippen LogP contribution in [0.3, 0.4) is 0 Å². The molecule has 0 aliphatic heterocycles. The zero-order chi connectivity index (χ0) is 24.6. The normalized spacial score (nSPS) is 16.9. The van der Waals surface area contributed by atoms with E-state index in [-0.39, 0.29) is 38.2 Å². The summed E-state index contributed by atoms with van der Waals surface area (Å²) in [6, 6.07) is 7.46. The van der Waals surface area contributed by atoms with Gasteiger partial charge in [-0.15, -0.1) is 0 Å². The van der Waals surface area contributed by atoms with Gasteiger partial charge in [-0.25, -0.2) is 4.79 Å². The summed E-state index contributed by atoms with van der Waals surface area (Å²) >= 11 is 0. The molecule has 0 radical (unpaired) electrons. The number of hydrogen-bond acceptors (Lipinski definition) is 5. The van der Waals surface area contributed by atoms with Gasteiger partial charge in [0.25, 0.3) is 0 Å². The van der Waals surface area contributed by atoms with Gasteiger partial charge >= 0.3 is 11.9 Å². The van der Waals surface area contributed by atoms with E-state index in [2.05, 4.69) is 41.4 Å². The van der Waals surface area contributed by atoms with Crippen LogP contribution >= 0.6 is 13.5 Å². The molecule has 34 heavy (non-hydrogen) atoms. The Balaban J connectivity index is 0.00000578. The Labute approximate surface area is 211 Å². The third-order valence-electron chi connectivity index (χ3n) is 6.48. The lowest BCUT2D eigenvalue weighted by molar-refractivity contribution is -0.168. The molecule has 192 valence electrons. The largest absolute Gasteiger partial charge is 0.480 e. The molecule has 0 spiro atoms. The van der Waals surface area contributed by atoms with Crippen molar-refractivity contribution in [2.24, 2.45) is 5.92 Å². The number of nitrogens with zero attached hydrogens (tertiary/aromatic N) is 1. The summed E-state index contributed by atoms with van der Waals surface area (Å²) in [5.74, 6) is -2.14. The Bertz CT molecular complexity index is 804. The first-order valence-electron chi connectivity index (χ1n) is 12.0. The summed E-state index contributed by atoms with van der Waals surface area (Å²) in [7, 11) is 4.05. The summed E-state index contributed by atoms with van der Waals surface area (Å²) in [5, 5.41) is 11.8. The van der Waals surface area contributed by atoms with Gasteiger partial charge in [0.2, 0.25) is 5.91 Å². The van der Waals surface area contributed by atoms with E-state index in [0.717, 1.165) is 44.2 Å². The average Bonchev–Trinajstić information content (AvgIpc) is 2.75. The molecule has 2 rings (SSSR count). The number of ether oxygens (including phenoxy) is 1. The van der Waals surface area contributed by atoms with Crippen LogP contribution < -0.4 is 5.32 Å².